The number of ether oxygens (including phenoxy) is 1. The average molecular weight is 531 g/mol. The molecule has 1 aliphatic heterocycles. The third-order valence-electron chi connectivity index (χ3n) is 4.69. The summed E-state index contributed by atoms with van der Waals surface area (Å²) in [5.41, 5.74) is 0.00631. The molecular formula is C23H10Cl4F3NO2. The fourth-order valence-electron chi connectivity index (χ4n) is 3.18. The van der Waals surface area contributed by atoms with Crippen molar-refractivity contribution in [1.82, 2.24) is 4.98 Å². The van der Waals surface area contributed by atoms with Crippen LogP contribution in [0.4, 0.5) is 13.2 Å². The Morgan fingerprint density at radius 3 is 2.12 bits per heavy atom. The van der Waals surface area contributed by atoms with Gasteiger partial charge in [-0.1, -0.05) is 64.6 Å². The van der Waals surface area contributed by atoms with Crippen LogP contribution in [-0.2, 0) is 15.7 Å². The van der Waals surface area contributed by atoms with Gasteiger partial charge in [-0.2, -0.15) is 13.2 Å². The number of alkyl halides is 3. The third-order valence-corrected chi connectivity index (χ3v) is 5.79. The highest BCUT2D eigenvalue weighted by atomic mass is 35.5. The number of carbonyl (C=O) groups excluding carboxylic acids is 1. The predicted octanol–water partition coefficient (Wildman–Crippen LogP) is 8.22. The van der Waals surface area contributed by atoms with E-state index in [1.165, 1.54) is 12.1 Å². The zero-order valence-corrected chi connectivity index (χ0v) is 19.2. The standard InChI is InChI=1S/C23H10Cl4F3NO2/c24-14-4-1-11(2-5-14)19-18(7-12-3-6-15(25)9-16(12)26)33-22(32)20(19)21-17(27)8-13(10-31-21)23(28,29)30/h1-10H. The second kappa shape index (κ2) is 9.03. The lowest BCUT2D eigenvalue weighted by Crippen LogP contribution is -2.08. The number of nitrogens with zero attached hydrogens (tertiary/aromatic N) is 1. The molecule has 33 heavy (non-hydrogen) atoms. The zero-order chi connectivity index (χ0) is 23.9. The Hall–Kier alpha value is -2.51. The van der Waals surface area contributed by atoms with Gasteiger partial charge in [0.2, 0.25) is 0 Å². The van der Waals surface area contributed by atoms with Gasteiger partial charge in [0.25, 0.3) is 0 Å². The van der Waals surface area contributed by atoms with E-state index in [1.807, 2.05) is 0 Å². The Morgan fingerprint density at radius 1 is 0.848 bits per heavy atom. The molecule has 0 saturated heterocycles. The summed E-state index contributed by atoms with van der Waals surface area (Å²) in [6.45, 7) is 0. The Balaban J connectivity index is 1.95. The van der Waals surface area contributed by atoms with Crippen LogP contribution in [0.15, 0.2) is 60.5 Å². The summed E-state index contributed by atoms with van der Waals surface area (Å²) in [7, 11) is 0. The van der Waals surface area contributed by atoms with E-state index in [0.717, 1.165) is 0 Å². The molecule has 0 N–H and O–H groups in total. The molecular weight excluding hydrogens is 521 g/mol. The van der Waals surface area contributed by atoms with Crippen molar-refractivity contribution >= 4 is 69.6 Å². The van der Waals surface area contributed by atoms with Crippen molar-refractivity contribution in [3.8, 4) is 0 Å². The van der Waals surface area contributed by atoms with Crippen LogP contribution in [0.1, 0.15) is 22.4 Å². The number of halogens is 7. The molecule has 1 aromatic heterocycles. The van der Waals surface area contributed by atoms with Crippen LogP contribution >= 0.6 is 46.4 Å². The highest BCUT2D eigenvalue weighted by Gasteiger charge is 2.36. The Bertz CT molecular complexity index is 1330. The fourth-order valence-corrected chi connectivity index (χ4v) is 4.03. The van der Waals surface area contributed by atoms with E-state index in [2.05, 4.69) is 4.98 Å². The van der Waals surface area contributed by atoms with Crippen LogP contribution < -0.4 is 0 Å². The Kier molecular flexibility index (Phi) is 6.47. The lowest BCUT2D eigenvalue weighted by atomic mass is 9.96. The Morgan fingerprint density at radius 2 is 1.52 bits per heavy atom. The molecule has 10 heteroatoms. The van der Waals surface area contributed by atoms with Crippen LogP contribution in [-0.4, -0.2) is 11.0 Å². The van der Waals surface area contributed by atoms with E-state index in [-0.39, 0.29) is 27.6 Å². The van der Waals surface area contributed by atoms with Crippen molar-refractivity contribution in [3.63, 3.8) is 0 Å². The summed E-state index contributed by atoms with van der Waals surface area (Å²) < 4.78 is 44.6. The number of rotatable bonds is 3. The summed E-state index contributed by atoms with van der Waals surface area (Å²) in [6, 6.07) is 11.9. The van der Waals surface area contributed by atoms with Gasteiger partial charge in [0, 0.05) is 26.8 Å². The van der Waals surface area contributed by atoms with Gasteiger partial charge in [-0.05, 0) is 47.5 Å². The van der Waals surface area contributed by atoms with Gasteiger partial charge in [0.1, 0.15) is 5.76 Å². The van der Waals surface area contributed by atoms with Gasteiger partial charge in [0.15, 0.2) is 0 Å². The number of allylic oxidation sites excluding steroid dienone is 1. The molecule has 0 fully saturated rings. The molecule has 168 valence electrons. The molecule has 1 aliphatic rings. The molecule has 3 nitrogen and oxygen atoms in total. The van der Waals surface area contributed by atoms with Crippen LogP contribution in [0.2, 0.25) is 20.1 Å². The van der Waals surface area contributed by atoms with Crippen molar-refractivity contribution in [1.29, 1.82) is 0 Å². The minimum atomic E-state index is -4.64. The topological polar surface area (TPSA) is 39.2 Å². The van der Waals surface area contributed by atoms with Crippen molar-refractivity contribution in [2.45, 2.75) is 6.18 Å². The maximum atomic E-state index is 13.1. The van der Waals surface area contributed by atoms with Gasteiger partial charge in [-0.15, -0.1) is 0 Å². The van der Waals surface area contributed by atoms with E-state index >= 15 is 0 Å². The number of pyridine rings is 1. The van der Waals surface area contributed by atoms with E-state index in [0.29, 0.717) is 38.5 Å². The van der Waals surface area contributed by atoms with Crippen LogP contribution in [0.25, 0.3) is 17.2 Å². The minimum Gasteiger partial charge on any atom is -0.422 e. The maximum absolute atomic E-state index is 13.1. The SMILES string of the molecule is O=C1OC(=Cc2ccc(Cl)cc2Cl)C(c2ccc(Cl)cc2)=C1c1ncc(C(F)(F)F)cc1Cl. The smallest absolute Gasteiger partial charge is 0.417 e. The first-order valence-electron chi connectivity index (χ1n) is 9.17. The first-order chi connectivity index (χ1) is 15.5. The van der Waals surface area contributed by atoms with Gasteiger partial charge < -0.3 is 4.74 Å². The number of hydrogen-bond acceptors (Lipinski definition) is 3. The lowest BCUT2D eigenvalue weighted by molar-refractivity contribution is -0.137. The molecule has 0 spiro atoms. The van der Waals surface area contributed by atoms with E-state index < -0.39 is 17.7 Å². The minimum absolute atomic E-state index is 0.0904. The van der Waals surface area contributed by atoms with E-state index in [9.17, 15) is 18.0 Å². The van der Waals surface area contributed by atoms with Crippen molar-refractivity contribution in [2.75, 3.05) is 0 Å². The van der Waals surface area contributed by atoms with Gasteiger partial charge in [-0.25, -0.2) is 4.79 Å². The van der Waals surface area contributed by atoms with Gasteiger partial charge in [0.05, 0.1) is 21.9 Å². The predicted molar refractivity (Wildman–Crippen MR) is 123 cm³/mol. The van der Waals surface area contributed by atoms with Gasteiger partial charge in [-0.3, -0.25) is 4.98 Å². The van der Waals surface area contributed by atoms with Crippen LogP contribution in [0.5, 0.6) is 0 Å². The summed E-state index contributed by atoms with van der Waals surface area (Å²) in [5.74, 6) is -0.718. The lowest BCUT2D eigenvalue weighted by Gasteiger charge is -2.10. The highest BCUT2D eigenvalue weighted by Crippen LogP contribution is 2.43. The number of aromatic nitrogens is 1. The molecule has 0 amide bonds. The Labute approximate surface area is 206 Å². The first kappa shape index (κ1) is 23.6. The molecule has 4 rings (SSSR count). The molecule has 0 radical (unpaired) electrons. The number of carbonyl (C=O) groups is 1. The zero-order valence-electron chi connectivity index (χ0n) is 16.2. The van der Waals surface area contributed by atoms with Crippen LogP contribution in [0.3, 0.4) is 0 Å². The summed E-state index contributed by atoms with van der Waals surface area (Å²) in [6.07, 6.45) is -2.51. The summed E-state index contributed by atoms with van der Waals surface area (Å²) >= 11 is 24.3. The second-order valence-electron chi connectivity index (χ2n) is 6.87. The van der Waals surface area contributed by atoms with E-state index in [1.54, 1.807) is 36.4 Å². The highest BCUT2D eigenvalue weighted by molar-refractivity contribution is 6.38. The van der Waals surface area contributed by atoms with Crippen molar-refractivity contribution in [3.05, 3.63) is 103 Å². The monoisotopic (exact) mass is 529 g/mol. The van der Waals surface area contributed by atoms with Crippen LogP contribution in [0, 0.1) is 0 Å². The largest absolute Gasteiger partial charge is 0.422 e. The average Bonchev–Trinajstić information content (AvgIpc) is 3.05. The molecule has 2 heterocycles. The third kappa shape index (κ3) is 4.89. The number of benzene rings is 2. The summed E-state index contributed by atoms with van der Waals surface area (Å²) in [4.78, 5) is 16.7. The van der Waals surface area contributed by atoms with Crippen molar-refractivity contribution < 1.29 is 22.7 Å². The second-order valence-corrected chi connectivity index (χ2v) is 8.56. The van der Waals surface area contributed by atoms with E-state index in [4.69, 9.17) is 51.1 Å². The molecule has 0 bridgehead atoms. The fraction of sp³-hybridized carbons (Fsp3) is 0.0435. The number of cyclic esters (lactones) is 1. The molecule has 3 aromatic rings. The number of esters is 1. The maximum Gasteiger partial charge on any atom is 0.417 e. The quantitative estimate of drug-likeness (QED) is 0.320. The summed E-state index contributed by atoms with van der Waals surface area (Å²) in [5, 5.41) is 0.818. The molecule has 0 atom stereocenters. The number of hydrogen-bond donors (Lipinski definition) is 0. The first-order valence-corrected chi connectivity index (χ1v) is 10.7. The normalized spacial score (nSPS) is 15.4. The molecule has 2 aromatic carbocycles. The molecule has 0 saturated carbocycles. The van der Waals surface area contributed by atoms with Crippen molar-refractivity contribution in [2.24, 2.45) is 0 Å². The van der Waals surface area contributed by atoms with Gasteiger partial charge >= 0.3 is 12.1 Å². The molecule has 0 unspecified atom stereocenters. The molecule has 0 aliphatic carbocycles.